The van der Waals surface area contributed by atoms with E-state index in [0.29, 0.717) is 25.2 Å². The SMILES string of the molecule is CCCCOC(=O)CCCCCCC[C@H]1C(=O)CC[C@@H]1/C=C/[C@H](O)COc1ccccc1. The Labute approximate surface area is 193 Å². The van der Waals surface area contributed by atoms with E-state index >= 15 is 0 Å². The normalized spacial score (nSPS) is 19.4. The van der Waals surface area contributed by atoms with E-state index in [2.05, 4.69) is 6.92 Å². The number of carbonyl (C=O) groups is 2. The number of allylic oxidation sites excluding steroid dienone is 1. The van der Waals surface area contributed by atoms with Gasteiger partial charge in [0, 0.05) is 18.8 Å². The molecule has 0 radical (unpaired) electrons. The summed E-state index contributed by atoms with van der Waals surface area (Å²) < 4.78 is 10.8. The molecule has 0 aromatic heterocycles. The second-order valence-corrected chi connectivity index (χ2v) is 8.73. The molecule has 5 nitrogen and oxygen atoms in total. The largest absolute Gasteiger partial charge is 0.491 e. The summed E-state index contributed by atoms with van der Waals surface area (Å²) in [5, 5.41) is 10.2. The summed E-state index contributed by atoms with van der Waals surface area (Å²) in [6.45, 7) is 2.83. The maximum Gasteiger partial charge on any atom is 0.305 e. The van der Waals surface area contributed by atoms with E-state index in [9.17, 15) is 14.7 Å². The van der Waals surface area contributed by atoms with E-state index in [1.807, 2.05) is 36.4 Å². The summed E-state index contributed by atoms with van der Waals surface area (Å²) in [4.78, 5) is 23.9. The number of para-hydroxylation sites is 1. The van der Waals surface area contributed by atoms with Crippen molar-refractivity contribution >= 4 is 11.8 Å². The van der Waals surface area contributed by atoms with E-state index in [1.54, 1.807) is 6.08 Å². The second-order valence-electron chi connectivity index (χ2n) is 8.73. The Morgan fingerprint density at radius 1 is 1.12 bits per heavy atom. The highest BCUT2D eigenvalue weighted by Gasteiger charge is 2.32. The third kappa shape index (κ3) is 10.4. The number of aliphatic hydroxyl groups is 1. The van der Waals surface area contributed by atoms with Crippen LogP contribution in [0.3, 0.4) is 0 Å². The first-order chi connectivity index (χ1) is 15.6. The zero-order valence-corrected chi connectivity index (χ0v) is 19.5. The van der Waals surface area contributed by atoms with Crippen LogP contribution in [-0.4, -0.2) is 36.2 Å². The van der Waals surface area contributed by atoms with E-state index in [1.165, 1.54) is 0 Å². The number of ketones is 1. The van der Waals surface area contributed by atoms with Crippen LogP contribution in [0.15, 0.2) is 42.5 Å². The van der Waals surface area contributed by atoms with E-state index in [4.69, 9.17) is 9.47 Å². The molecule has 0 aliphatic heterocycles. The van der Waals surface area contributed by atoms with Gasteiger partial charge in [-0.15, -0.1) is 0 Å². The van der Waals surface area contributed by atoms with Crippen molar-refractivity contribution in [2.45, 2.75) is 83.7 Å². The Bertz CT molecular complexity index is 685. The molecule has 1 saturated carbocycles. The number of esters is 1. The molecule has 1 fully saturated rings. The van der Waals surface area contributed by atoms with E-state index < -0.39 is 6.10 Å². The highest BCUT2D eigenvalue weighted by Crippen LogP contribution is 2.34. The number of rotatable bonds is 16. The van der Waals surface area contributed by atoms with Crippen molar-refractivity contribution in [3.05, 3.63) is 42.5 Å². The van der Waals surface area contributed by atoms with Gasteiger partial charge in [-0.3, -0.25) is 9.59 Å². The minimum atomic E-state index is -0.680. The molecule has 0 bridgehead atoms. The predicted molar refractivity (Wildman–Crippen MR) is 126 cm³/mol. The molecule has 1 aliphatic rings. The third-order valence-electron chi connectivity index (χ3n) is 6.06. The lowest BCUT2D eigenvalue weighted by molar-refractivity contribution is -0.143. The molecule has 0 spiro atoms. The molecule has 1 aromatic carbocycles. The highest BCUT2D eigenvalue weighted by atomic mass is 16.5. The molecule has 1 N–H and O–H groups in total. The topological polar surface area (TPSA) is 72.8 Å². The summed E-state index contributed by atoms with van der Waals surface area (Å²) in [7, 11) is 0. The minimum absolute atomic E-state index is 0.0713. The number of hydrogen-bond acceptors (Lipinski definition) is 5. The van der Waals surface area contributed by atoms with Gasteiger partial charge in [-0.05, 0) is 43.7 Å². The lowest BCUT2D eigenvalue weighted by Gasteiger charge is -2.16. The van der Waals surface area contributed by atoms with E-state index in [0.717, 1.165) is 63.5 Å². The summed E-state index contributed by atoms with van der Waals surface area (Å²) in [6.07, 6.45) is 13.1. The van der Waals surface area contributed by atoms with Crippen LogP contribution in [0.4, 0.5) is 0 Å². The third-order valence-corrected chi connectivity index (χ3v) is 6.06. The van der Waals surface area contributed by atoms with Crippen molar-refractivity contribution in [1.29, 1.82) is 0 Å². The molecule has 3 atom stereocenters. The van der Waals surface area contributed by atoms with Gasteiger partial charge >= 0.3 is 5.97 Å². The Hall–Kier alpha value is -2.14. The van der Waals surface area contributed by atoms with Gasteiger partial charge in [0.25, 0.3) is 0 Å². The number of unbranched alkanes of at least 4 members (excludes halogenated alkanes) is 5. The molecule has 0 heterocycles. The average Bonchev–Trinajstić information content (AvgIpc) is 3.15. The average molecular weight is 445 g/mol. The Kier molecular flexibility index (Phi) is 12.8. The van der Waals surface area contributed by atoms with Gasteiger partial charge in [0.2, 0.25) is 0 Å². The first-order valence-corrected chi connectivity index (χ1v) is 12.3. The monoisotopic (exact) mass is 444 g/mol. The molecule has 2 rings (SSSR count). The van der Waals surface area contributed by atoms with Gasteiger partial charge in [-0.2, -0.15) is 0 Å². The molecule has 32 heavy (non-hydrogen) atoms. The van der Waals surface area contributed by atoms with Crippen molar-refractivity contribution in [1.82, 2.24) is 0 Å². The van der Waals surface area contributed by atoms with Crippen molar-refractivity contribution in [3.63, 3.8) is 0 Å². The lowest BCUT2D eigenvalue weighted by Crippen LogP contribution is -2.17. The molecular formula is C27H40O5. The number of carbonyl (C=O) groups excluding carboxylic acids is 2. The Morgan fingerprint density at radius 2 is 1.88 bits per heavy atom. The Balaban J connectivity index is 1.59. The number of hydrogen-bond donors (Lipinski definition) is 1. The molecule has 1 aromatic rings. The number of Topliss-reactive ketones (excluding diaryl/α,β-unsaturated/α-hetero) is 1. The first-order valence-electron chi connectivity index (χ1n) is 12.3. The van der Waals surface area contributed by atoms with Gasteiger partial charge in [-0.25, -0.2) is 0 Å². The molecular weight excluding hydrogens is 404 g/mol. The van der Waals surface area contributed by atoms with Crippen LogP contribution >= 0.6 is 0 Å². The fourth-order valence-electron chi connectivity index (χ4n) is 4.13. The van der Waals surface area contributed by atoms with Crippen LogP contribution in [0.1, 0.15) is 77.6 Å². The zero-order valence-electron chi connectivity index (χ0n) is 19.5. The van der Waals surface area contributed by atoms with Crippen molar-refractivity contribution in [2.24, 2.45) is 11.8 Å². The smallest absolute Gasteiger partial charge is 0.305 e. The molecule has 0 amide bonds. The molecule has 0 saturated heterocycles. The molecule has 1 aliphatic carbocycles. The van der Waals surface area contributed by atoms with Crippen molar-refractivity contribution in [3.8, 4) is 5.75 Å². The van der Waals surface area contributed by atoms with E-state index in [-0.39, 0.29) is 24.4 Å². The predicted octanol–water partition coefficient (Wildman–Crippen LogP) is 5.65. The van der Waals surface area contributed by atoms with Crippen molar-refractivity contribution in [2.75, 3.05) is 13.2 Å². The Morgan fingerprint density at radius 3 is 2.66 bits per heavy atom. The minimum Gasteiger partial charge on any atom is -0.491 e. The molecule has 5 heteroatoms. The fraction of sp³-hybridized carbons (Fsp3) is 0.630. The van der Waals surface area contributed by atoms with Gasteiger partial charge in [0.15, 0.2) is 0 Å². The van der Waals surface area contributed by atoms with Crippen molar-refractivity contribution < 1.29 is 24.2 Å². The quantitative estimate of drug-likeness (QED) is 0.203. The number of ether oxygens (including phenoxy) is 2. The van der Waals surface area contributed by atoms with Gasteiger partial charge in [-0.1, -0.05) is 69.4 Å². The summed E-state index contributed by atoms with van der Waals surface area (Å²) >= 11 is 0. The van der Waals surface area contributed by atoms with Crippen LogP contribution in [0.5, 0.6) is 5.75 Å². The van der Waals surface area contributed by atoms with Crippen LogP contribution in [-0.2, 0) is 14.3 Å². The highest BCUT2D eigenvalue weighted by molar-refractivity contribution is 5.83. The lowest BCUT2D eigenvalue weighted by atomic mass is 9.89. The maximum absolute atomic E-state index is 12.3. The number of benzene rings is 1. The summed E-state index contributed by atoms with van der Waals surface area (Å²) in [6, 6.07) is 9.44. The summed E-state index contributed by atoms with van der Waals surface area (Å²) in [5.74, 6) is 1.29. The van der Waals surface area contributed by atoms with Crippen LogP contribution in [0.2, 0.25) is 0 Å². The van der Waals surface area contributed by atoms with Gasteiger partial charge in [0.1, 0.15) is 24.2 Å². The van der Waals surface area contributed by atoms with Crippen LogP contribution < -0.4 is 4.74 Å². The number of aliphatic hydroxyl groups excluding tert-OH is 1. The second kappa shape index (κ2) is 15.6. The van der Waals surface area contributed by atoms with Crippen LogP contribution in [0.25, 0.3) is 0 Å². The van der Waals surface area contributed by atoms with Crippen LogP contribution in [0, 0.1) is 11.8 Å². The first kappa shape index (κ1) is 26.1. The van der Waals surface area contributed by atoms with Gasteiger partial charge in [0.05, 0.1) is 6.61 Å². The van der Waals surface area contributed by atoms with Gasteiger partial charge < -0.3 is 14.6 Å². The molecule has 178 valence electrons. The molecule has 0 unspecified atom stereocenters. The zero-order chi connectivity index (χ0) is 23.0. The summed E-state index contributed by atoms with van der Waals surface area (Å²) in [5.41, 5.74) is 0. The standard InChI is InChI=1S/C27H40O5/c1-2-3-20-31-27(30)15-11-6-4-5-10-14-25-22(17-19-26(25)29)16-18-23(28)21-32-24-12-8-7-9-13-24/h7-9,12-13,16,18,22-23,25,28H,2-6,10-11,14-15,17,19-21H2,1H3/b18-16+/t22-,23-,25+/m0/s1. The maximum atomic E-state index is 12.3. The fourth-order valence-corrected chi connectivity index (χ4v) is 4.13.